The first-order chi connectivity index (χ1) is 11.5. The molecule has 1 aliphatic heterocycles. The number of nitrogens with zero attached hydrogens (tertiary/aromatic N) is 4. The molecule has 3 heterocycles. The molecule has 1 atom stereocenters. The van der Waals surface area contributed by atoms with E-state index in [4.69, 9.17) is 4.52 Å². The molecule has 2 aromatic heterocycles. The highest BCUT2D eigenvalue weighted by molar-refractivity contribution is 6.03. The first-order valence-electron chi connectivity index (χ1n) is 7.15. The van der Waals surface area contributed by atoms with Crippen LogP contribution in [0.5, 0.6) is 0 Å². The molecular weight excluding hydrogens is 316 g/mol. The van der Waals surface area contributed by atoms with E-state index in [2.05, 4.69) is 25.8 Å². The lowest BCUT2D eigenvalue weighted by molar-refractivity contribution is -0.122. The van der Waals surface area contributed by atoms with Gasteiger partial charge in [0.2, 0.25) is 23.5 Å². The smallest absolute Gasteiger partial charge is 0.325 e. The van der Waals surface area contributed by atoms with Gasteiger partial charge in [-0.1, -0.05) is 5.16 Å². The van der Waals surface area contributed by atoms with Gasteiger partial charge >= 0.3 is 6.03 Å². The van der Waals surface area contributed by atoms with Crippen LogP contribution >= 0.6 is 0 Å². The molecule has 10 heteroatoms. The summed E-state index contributed by atoms with van der Waals surface area (Å²) in [6.07, 6.45) is 3.22. The van der Waals surface area contributed by atoms with Crippen molar-refractivity contribution in [2.24, 2.45) is 0 Å². The topological polar surface area (TPSA) is 130 Å². The summed E-state index contributed by atoms with van der Waals surface area (Å²) < 4.78 is 5.15. The predicted molar refractivity (Wildman–Crippen MR) is 79.2 cm³/mol. The highest BCUT2D eigenvalue weighted by atomic mass is 16.5. The van der Waals surface area contributed by atoms with Crippen LogP contribution in [0.2, 0.25) is 0 Å². The Morgan fingerprint density at radius 3 is 2.83 bits per heavy atom. The Hall–Kier alpha value is -3.30. The molecule has 24 heavy (non-hydrogen) atoms. The van der Waals surface area contributed by atoms with Crippen molar-refractivity contribution >= 4 is 17.8 Å². The van der Waals surface area contributed by atoms with Gasteiger partial charge in [0.1, 0.15) is 19.1 Å². The quantitative estimate of drug-likeness (QED) is 0.730. The van der Waals surface area contributed by atoms with Crippen LogP contribution in [0.15, 0.2) is 29.0 Å². The fraction of sp³-hybridized carbons (Fsp3) is 0.286. The number of aromatic nitrogens is 3. The number of imide groups is 1. The highest BCUT2D eigenvalue weighted by Gasteiger charge is 2.29. The van der Waals surface area contributed by atoms with Gasteiger partial charge in [0.15, 0.2) is 0 Å². The Bertz CT molecular complexity index is 775. The maximum Gasteiger partial charge on any atom is 0.325 e. The van der Waals surface area contributed by atoms with Crippen LogP contribution in [0.4, 0.5) is 4.79 Å². The van der Waals surface area contributed by atoms with Crippen molar-refractivity contribution < 1.29 is 18.9 Å². The molecule has 1 aliphatic rings. The molecule has 0 aliphatic carbocycles. The Balaban J connectivity index is 1.60. The number of hydrogen-bond donors (Lipinski definition) is 2. The number of carbonyl (C=O) groups is 3. The predicted octanol–water partition coefficient (Wildman–Crippen LogP) is -0.139. The standard InChI is InChI=1S/C14H14N6O4/c1-8(16-10(21)6-20-7-11(22)17-14(20)23)13-18-12(19-24-13)9-2-4-15-5-3-9/h2-5,8H,6-7H2,1H3,(H,16,21)(H,17,22,23)/t8-/m1/s1. The molecule has 0 unspecified atom stereocenters. The first kappa shape index (κ1) is 15.6. The van der Waals surface area contributed by atoms with Gasteiger partial charge in [0.05, 0.1) is 0 Å². The Morgan fingerprint density at radius 2 is 2.17 bits per heavy atom. The van der Waals surface area contributed by atoms with E-state index in [1.165, 1.54) is 0 Å². The molecular formula is C14H14N6O4. The summed E-state index contributed by atoms with van der Waals surface area (Å²) in [4.78, 5) is 43.7. The number of pyridine rings is 1. The van der Waals surface area contributed by atoms with Crippen LogP contribution in [-0.2, 0) is 9.59 Å². The van der Waals surface area contributed by atoms with Crippen molar-refractivity contribution in [2.75, 3.05) is 13.1 Å². The molecule has 0 spiro atoms. The second-order valence-corrected chi connectivity index (χ2v) is 5.19. The van der Waals surface area contributed by atoms with E-state index in [0.717, 1.165) is 10.5 Å². The van der Waals surface area contributed by atoms with Crippen molar-refractivity contribution in [3.63, 3.8) is 0 Å². The minimum Gasteiger partial charge on any atom is -0.343 e. The third-order valence-corrected chi connectivity index (χ3v) is 3.33. The number of amides is 4. The lowest BCUT2D eigenvalue weighted by Gasteiger charge is -2.14. The fourth-order valence-corrected chi connectivity index (χ4v) is 2.16. The van der Waals surface area contributed by atoms with Crippen LogP contribution in [0.1, 0.15) is 18.9 Å². The summed E-state index contributed by atoms with van der Waals surface area (Å²) in [6, 6.07) is 2.35. The lowest BCUT2D eigenvalue weighted by atomic mass is 10.2. The van der Waals surface area contributed by atoms with Crippen molar-refractivity contribution in [3.05, 3.63) is 30.4 Å². The van der Waals surface area contributed by atoms with Gasteiger partial charge in [-0.15, -0.1) is 0 Å². The van der Waals surface area contributed by atoms with Gasteiger partial charge in [-0.2, -0.15) is 4.98 Å². The number of carbonyl (C=O) groups excluding carboxylic acids is 3. The Labute approximate surface area is 136 Å². The van der Waals surface area contributed by atoms with Crippen molar-refractivity contribution in [3.8, 4) is 11.4 Å². The Kier molecular flexibility index (Phi) is 4.18. The second-order valence-electron chi connectivity index (χ2n) is 5.19. The number of nitrogens with one attached hydrogen (secondary N) is 2. The molecule has 10 nitrogen and oxygen atoms in total. The zero-order chi connectivity index (χ0) is 17.1. The van der Waals surface area contributed by atoms with Gasteiger partial charge in [-0.3, -0.25) is 19.9 Å². The third-order valence-electron chi connectivity index (χ3n) is 3.33. The van der Waals surface area contributed by atoms with Crippen molar-refractivity contribution in [1.29, 1.82) is 0 Å². The molecule has 1 fully saturated rings. The van der Waals surface area contributed by atoms with Crippen LogP contribution < -0.4 is 10.6 Å². The SMILES string of the molecule is C[C@@H](NC(=O)CN1CC(=O)NC1=O)c1nc(-c2ccncc2)no1. The second kappa shape index (κ2) is 6.44. The van der Waals surface area contributed by atoms with Crippen molar-refractivity contribution in [1.82, 2.24) is 30.7 Å². The average molecular weight is 330 g/mol. The zero-order valence-electron chi connectivity index (χ0n) is 12.7. The normalized spacial score (nSPS) is 15.3. The van der Waals surface area contributed by atoms with E-state index in [-0.39, 0.29) is 19.0 Å². The third kappa shape index (κ3) is 3.37. The van der Waals surface area contributed by atoms with E-state index in [9.17, 15) is 14.4 Å². The largest absolute Gasteiger partial charge is 0.343 e. The molecule has 4 amide bonds. The van der Waals surface area contributed by atoms with Gasteiger partial charge < -0.3 is 14.7 Å². The van der Waals surface area contributed by atoms with E-state index in [1.807, 2.05) is 0 Å². The average Bonchev–Trinajstić information content (AvgIpc) is 3.15. The molecule has 2 aromatic rings. The zero-order valence-corrected chi connectivity index (χ0v) is 12.7. The molecule has 1 saturated heterocycles. The summed E-state index contributed by atoms with van der Waals surface area (Å²) in [6.45, 7) is 1.32. The van der Waals surface area contributed by atoms with Gasteiger partial charge in [0, 0.05) is 18.0 Å². The van der Waals surface area contributed by atoms with Gasteiger partial charge in [-0.25, -0.2) is 4.79 Å². The summed E-state index contributed by atoms with van der Waals surface area (Å²) >= 11 is 0. The van der Waals surface area contributed by atoms with E-state index in [1.54, 1.807) is 31.5 Å². The number of rotatable bonds is 5. The van der Waals surface area contributed by atoms with Gasteiger partial charge in [-0.05, 0) is 19.1 Å². The molecule has 0 aromatic carbocycles. The molecule has 2 N–H and O–H groups in total. The lowest BCUT2D eigenvalue weighted by Crippen LogP contribution is -2.39. The van der Waals surface area contributed by atoms with Crippen molar-refractivity contribution in [2.45, 2.75) is 13.0 Å². The van der Waals surface area contributed by atoms with Crippen LogP contribution in [-0.4, -0.2) is 51.0 Å². The summed E-state index contributed by atoms with van der Waals surface area (Å²) in [5.74, 6) is -0.245. The highest BCUT2D eigenvalue weighted by Crippen LogP contribution is 2.17. The number of urea groups is 1. The molecule has 124 valence electrons. The van der Waals surface area contributed by atoms with Crippen LogP contribution in [0.25, 0.3) is 11.4 Å². The minimum atomic E-state index is -0.583. The molecule has 0 saturated carbocycles. The summed E-state index contributed by atoms with van der Waals surface area (Å²) in [7, 11) is 0. The monoisotopic (exact) mass is 330 g/mol. The summed E-state index contributed by atoms with van der Waals surface area (Å²) in [5, 5.41) is 8.60. The Morgan fingerprint density at radius 1 is 1.42 bits per heavy atom. The fourth-order valence-electron chi connectivity index (χ4n) is 2.16. The van der Waals surface area contributed by atoms with Gasteiger partial charge in [0.25, 0.3) is 0 Å². The van der Waals surface area contributed by atoms with E-state index in [0.29, 0.717) is 5.82 Å². The molecule has 0 bridgehead atoms. The van der Waals surface area contributed by atoms with E-state index >= 15 is 0 Å². The molecule has 0 radical (unpaired) electrons. The maximum absolute atomic E-state index is 12.0. The maximum atomic E-state index is 12.0. The van der Waals surface area contributed by atoms with Crippen LogP contribution in [0.3, 0.4) is 0 Å². The number of hydrogen-bond acceptors (Lipinski definition) is 7. The summed E-state index contributed by atoms with van der Waals surface area (Å²) in [5.41, 5.74) is 0.741. The molecule has 3 rings (SSSR count). The minimum absolute atomic E-state index is 0.132. The van der Waals surface area contributed by atoms with Crippen LogP contribution in [0, 0.1) is 0 Å². The van der Waals surface area contributed by atoms with E-state index < -0.39 is 23.9 Å². The first-order valence-corrected chi connectivity index (χ1v) is 7.15.